The lowest BCUT2D eigenvalue weighted by Gasteiger charge is -1.95. The van der Waals surface area contributed by atoms with Crippen molar-refractivity contribution in [3.05, 3.63) is 41.0 Å². The van der Waals surface area contributed by atoms with Crippen molar-refractivity contribution in [2.75, 3.05) is 0 Å². The van der Waals surface area contributed by atoms with E-state index in [1.54, 1.807) is 0 Å². The zero-order chi connectivity index (χ0) is 9.26. The van der Waals surface area contributed by atoms with Gasteiger partial charge in [0.1, 0.15) is 5.15 Å². The lowest BCUT2D eigenvalue weighted by atomic mass is 10.1. The molecule has 0 radical (unpaired) electrons. The number of hydrogen-bond acceptors (Lipinski definition) is 2. The van der Waals surface area contributed by atoms with Crippen LogP contribution in [0.2, 0.25) is 5.15 Å². The van der Waals surface area contributed by atoms with Crippen LogP contribution >= 0.6 is 23.1 Å². The molecule has 0 N–H and O–H groups in total. The molecule has 0 spiro atoms. The third kappa shape index (κ3) is 1.90. The normalized spacial score (nSPS) is 10.3. The van der Waals surface area contributed by atoms with Crippen LogP contribution in [0.15, 0.2) is 30.3 Å². The van der Waals surface area contributed by atoms with Crippen molar-refractivity contribution in [1.82, 2.24) is 4.37 Å². The van der Waals surface area contributed by atoms with Gasteiger partial charge in [0.05, 0.1) is 4.88 Å². The molecule has 3 heteroatoms. The van der Waals surface area contributed by atoms with Gasteiger partial charge in [-0.25, -0.2) is 0 Å². The molecule has 0 bridgehead atoms. The minimum atomic E-state index is 0.570. The van der Waals surface area contributed by atoms with E-state index in [1.165, 1.54) is 22.7 Å². The minimum absolute atomic E-state index is 0.570. The number of benzene rings is 1. The second-order valence-corrected chi connectivity index (χ2v) is 4.07. The minimum Gasteiger partial charge on any atom is -0.180 e. The molecule has 0 aliphatic carbocycles. The van der Waals surface area contributed by atoms with Crippen molar-refractivity contribution in [2.45, 2.75) is 6.92 Å². The maximum atomic E-state index is 5.74. The van der Waals surface area contributed by atoms with Crippen molar-refractivity contribution >= 4 is 23.1 Å². The molecule has 0 amide bonds. The topological polar surface area (TPSA) is 12.9 Å². The van der Waals surface area contributed by atoms with E-state index in [1.807, 2.05) is 6.07 Å². The molecule has 0 saturated carbocycles. The summed E-state index contributed by atoms with van der Waals surface area (Å²) in [6.45, 7) is 2.07. The summed E-state index contributed by atoms with van der Waals surface area (Å²) in [5, 5.41) is 0.570. The highest BCUT2D eigenvalue weighted by atomic mass is 35.5. The molecule has 66 valence electrons. The maximum Gasteiger partial charge on any atom is 0.143 e. The van der Waals surface area contributed by atoms with Crippen LogP contribution < -0.4 is 0 Å². The van der Waals surface area contributed by atoms with Gasteiger partial charge in [-0.2, -0.15) is 4.37 Å². The van der Waals surface area contributed by atoms with E-state index in [9.17, 15) is 0 Å². The zero-order valence-electron chi connectivity index (χ0n) is 7.12. The van der Waals surface area contributed by atoms with E-state index < -0.39 is 0 Å². The second kappa shape index (κ2) is 3.48. The van der Waals surface area contributed by atoms with Crippen molar-refractivity contribution < 1.29 is 0 Å². The molecule has 13 heavy (non-hydrogen) atoms. The molecule has 1 aromatic carbocycles. The first-order valence-electron chi connectivity index (χ1n) is 3.95. The summed E-state index contributed by atoms with van der Waals surface area (Å²) in [5.41, 5.74) is 2.44. The smallest absolute Gasteiger partial charge is 0.143 e. The van der Waals surface area contributed by atoms with Gasteiger partial charge in [-0.05, 0) is 30.1 Å². The number of aromatic nitrogens is 1. The third-order valence-electron chi connectivity index (χ3n) is 1.82. The number of halogens is 1. The highest BCUT2D eigenvalue weighted by Crippen LogP contribution is 2.26. The van der Waals surface area contributed by atoms with Gasteiger partial charge in [-0.3, -0.25) is 0 Å². The summed E-state index contributed by atoms with van der Waals surface area (Å²) in [4.78, 5) is 1.12. The molecule has 2 aromatic rings. The average Bonchev–Trinajstić information content (AvgIpc) is 2.53. The molecule has 0 aliphatic rings. The van der Waals surface area contributed by atoms with E-state index in [-0.39, 0.29) is 0 Å². The van der Waals surface area contributed by atoms with Crippen molar-refractivity contribution in [3.63, 3.8) is 0 Å². The van der Waals surface area contributed by atoms with Gasteiger partial charge in [0.15, 0.2) is 0 Å². The van der Waals surface area contributed by atoms with E-state index >= 15 is 0 Å². The Kier molecular flexibility index (Phi) is 2.34. The van der Waals surface area contributed by atoms with Crippen LogP contribution in [0.25, 0.3) is 10.4 Å². The van der Waals surface area contributed by atoms with Crippen LogP contribution in [0.3, 0.4) is 0 Å². The number of nitrogens with zero attached hydrogens (tertiary/aromatic N) is 1. The molecule has 0 saturated heterocycles. The SMILES string of the molecule is Cc1ccc(-c2cc(Cl)ns2)cc1. The van der Waals surface area contributed by atoms with Crippen molar-refractivity contribution in [3.8, 4) is 10.4 Å². The first-order valence-corrected chi connectivity index (χ1v) is 5.10. The molecule has 1 nitrogen and oxygen atoms in total. The predicted octanol–water partition coefficient (Wildman–Crippen LogP) is 3.77. The Hall–Kier alpha value is -0.860. The number of rotatable bonds is 1. The summed E-state index contributed by atoms with van der Waals surface area (Å²) in [6.07, 6.45) is 0. The van der Waals surface area contributed by atoms with Gasteiger partial charge in [0, 0.05) is 0 Å². The van der Waals surface area contributed by atoms with Crippen LogP contribution in [0, 0.1) is 6.92 Å². The summed E-state index contributed by atoms with van der Waals surface area (Å²) < 4.78 is 4.02. The molecular formula is C10H8ClNS. The summed E-state index contributed by atoms with van der Waals surface area (Å²) >= 11 is 7.17. The maximum absolute atomic E-state index is 5.74. The summed E-state index contributed by atoms with van der Waals surface area (Å²) in [7, 11) is 0. The van der Waals surface area contributed by atoms with E-state index in [2.05, 4.69) is 35.6 Å². The number of hydrogen-bond donors (Lipinski definition) is 0. The van der Waals surface area contributed by atoms with Gasteiger partial charge in [0.25, 0.3) is 0 Å². The molecule has 0 aliphatic heterocycles. The van der Waals surface area contributed by atoms with E-state index in [4.69, 9.17) is 11.6 Å². The zero-order valence-corrected chi connectivity index (χ0v) is 8.69. The molecule has 0 unspecified atom stereocenters. The summed E-state index contributed by atoms with van der Waals surface area (Å²) in [6, 6.07) is 10.2. The fraction of sp³-hybridized carbons (Fsp3) is 0.100. The fourth-order valence-electron chi connectivity index (χ4n) is 1.11. The highest BCUT2D eigenvalue weighted by Gasteiger charge is 2.01. The van der Waals surface area contributed by atoms with Crippen LogP contribution in [0.1, 0.15) is 5.56 Å². The van der Waals surface area contributed by atoms with Crippen LogP contribution in [0.5, 0.6) is 0 Å². The van der Waals surface area contributed by atoms with Gasteiger partial charge in [0.2, 0.25) is 0 Å². The summed E-state index contributed by atoms with van der Waals surface area (Å²) in [5.74, 6) is 0. The molecule has 1 heterocycles. The standard InChI is InChI=1S/C10H8ClNS/c1-7-2-4-8(5-3-7)9-6-10(11)12-13-9/h2-6H,1H3. The molecule has 0 atom stereocenters. The quantitative estimate of drug-likeness (QED) is 0.697. The average molecular weight is 210 g/mol. The Morgan fingerprint density at radius 2 is 1.92 bits per heavy atom. The van der Waals surface area contributed by atoms with Crippen molar-refractivity contribution in [1.29, 1.82) is 0 Å². The molecule has 2 rings (SSSR count). The van der Waals surface area contributed by atoms with E-state index in [0.717, 1.165) is 4.88 Å². The number of aryl methyl sites for hydroxylation is 1. The van der Waals surface area contributed by atoms with Crippen LogP contribution in [0.4, 0.5) is 0 Å². The monoisotopic (exact) mass is 209 g/mol. The first-order chi connectivity index (χ1) is 6.25. The highest BCUT2D eigenvalue weighted by molar-refractivity contribution is 7.09. The second-order valence-electron chi connectivity index (χ2n) is 2.88. The Balaban J connectivity index is 2.41. The first kappa shape index (κ1) is 8.73. The predicted molar refractivity (Wildman–Crippen MR) is 57.3 cm³/mol. The Bertz CT molecular complexity index is 405. The fourth-order valence-corrected chi connectivity index (χ4v) is 2.03. The van der Waals surface area contributed by atoms with Crippen molar-refractivity contribution in [2.24, 2.45) is 0 Å². The third-order valence-corrected chi connectivity index (χ3v) is 2.95. The lowest BCUT2D eigenvalue weighted by molar-refractivity contribution is 1.48. The Morgan fingerprint density at radius 3 is 2.46 bits per heavy atom. The van der Waals surface area contributed by atoms with Gasteiger partial charge in [-0.1, -0.05) is 41.4 Å². The van der Waals surface area contributed by atoms with Crippen LogP contribution in [-0.4, -0.2) is 4.37 Å². The Labute approximate surface area is 86.2 Å². The van der Waals surface area contributed by atoms with Gasteiger partial charge >= 0.3 is 0 Å². The lowest BCUT2D eigenvalue weighted by Crippen LogP contribution is -1.72. The van der Waals surface area contributed by atoms with Crippen LogP contribution in [-0.2, 0) is 0 Å². The molecular weight excluding hydrogens is 202 g/mol. The Morgan fingerprint density at radius 1 is 1.23 bits per heavy atom. The largest absolute Gasteiger partial charge is 0.180 e. The molecule has 1 aromatic heterocycles. The van der Waals surface area contributed by atoms with E-state index in [0.29, 0.717) is 5.15 Å². The van der Waals surface area contributed by atoms with Gasteiger partial charge < -0.3 is 0 Å². The van der Waals surface area contributed by atoms with Gasteiger partial charge in [-0.15, -0.1) is 0 Å². The molecule has 0 fully saturated rings.